The second-order valence-corrected chi connectivity index (χ2v) is 6.24. The first-order valence-electron chi connectivity index (χ1n) is 9.58. The van der Waals surface area contributed by atoms with Crippen molar-refractivity contribution in [3.05, 3.63) is 54.3 Å². The summed E-state index contributed by atoms with van der Waals surface area (Å²) in [5.74, 6) is 2.18. The van der Waals surface area contributed by atoms with E-state index in [2.05, 4.69) is 30.8 Å². The fourth-order valence-electron chi connectivity index (χ4n) is 2.58. The van der Waals surface area contributed by atoms with Gasteiger partial charge >= 0.3 is 0 Å². The number of aliphatic imine (C=N–C) groups is 1. The first-order chi connectivity index (χ1) is 14.2. The Kier molecular flexibility index (Phi) is 9.58. The molecule has 30 heavy (non-hydrogen) atoms. The van der Waals surface area contributed by atoms with E-state index in [1.165, 1.54) is 6.07 Å². The number of rotatable bonds is 9. The average Bonchev–Trinajstić information content (AvgIpc) is 3.42. The molecule has 0 saturated heterocycles. The Bertz CT molecular complexity index is 916. The highest BCUT2D eigenvalue weighted by molar-refractivity contribution is 14.0. The lowest BCUT2D eigenvalue weighted by molar-refractivity contribution is 0.191. The van der Waals surface area contributed by atoms with E-state index in [0.29, 0.717) is 43.0 Å². The maximum atomic E-state index is 13.8. The van der Waals surface area contributed by atoms with Crippen LogP contribution < -0.4 is 15.4 Å². The molecule has 1 atom stereocenters. The summed E-state index contributed by atoms with van der Waals surface area (Å²) in [5, 5.41) is 13.4. The standard InChI is InChI=1S/C20H25FN6O2.HI/c1-3-14(29-16-9-6-5-8-15(16)21)12-23-20(22-4-2)24-13-18-25-19(27-26-18)17-10-7-11-28-17;/h5-11,14H,3-4,12-13H2,1-2H3,(H2,22,23,24)(H,25,26,27);1H. The van der Waals surface area contributed by atoms with Gasteiger partial charge in [0.05, 0.1) is 12.8 Å². The molecule has 3 N–H and O–H groups in total. The van der Waals surface area contributed by atoms with E-state index in [9.17, 15) is 4.39 Å². The molecule has 0 amide bonds. The third-order valence-electron chi connectivity index (χ3n) is 4.09. The number of aromatic amines is 1. The quantitative estimate of drug-likeness (QED) is 0.222. The smallest absolute Gasteiger partial charge is 0.216 e. The van der Waals surface area contributed by atoms with E-state index >= 15 is 0 Å². The lowest BCUT2D eigenvalue weighted by Crippen LogP contribution is -2.42. The van der Waals surface area contributed by atoms with Gasteiger partial charge in [0.2, 0.25) is 5.82 Å². The molecule has 0 bridgehead atoms. The monoisotopic (exact) mass is 528 g/mol. The van der Waals surface area contributed by atoms with Crippen molar-refractivity contribution in [1.82, 2.24) is 25.8 Å². The summed E-state index contributed by atoms with van der Waals surface area (Å²) in [6, 6.07) is 9.97. The molecule has 162 valence electrons. The molecule has 2 aromatic heterocycles. The predicted octanol–water partition coefficient (Wildman–Crippen LogP) is 3.73. The number of para-hydroxylation sites is 1. The van der Waals surface area contributed by atoms with E-state index in [1.54, 1.807) is 36.6 Å². The van der Waals surface area contributed by atoms with Crippen molar-refractivity contribution in [3.8, 4) is 17.3 Å². The van der Waals surface area contributed by atoms with Crippen LogP contribution in [0.3, 0.4) is 0 Å². The minimum absolute atomic E-state index is 0. The third-order valence-corrected chi connectivity index (χ3v) is 4.09. The lowest BCUT2D eigenvalue weighted by atomic mass is 10.2. The van der Waals surface area contributed by atoms with Crippen LogP contribution in [0.15, 0.2) is 52.1 Å². The van der Waals surface area contributed by atoms with Crippen molar-refractivity contribution in [2.24, 2.45) is 4.99 Å². The van der Waals surface area contributed by atoms with Gasteiger partial charge in [0.15, 0.2) is 23.3 Å². The number of furan rings is 1. The number of nitrogens with one attached hydrogen (secondary N) is 3. The van der Waals surface area contributed by atoms with Crippen molar-refractivity contribution < 1.29 is 13.5 Å². The molecule has 0 spiro atoms. The summed E-state index contributed by atoms with van der Waals surface area (Å²) in [7, 11) is 0. The highest BCUT2D eigenvalue weighted by Gasteiger charge is 2.12. The molecule has 3 aromatic rings. The number of benzene rings is 1. The third kappa shape index (κ3) is 6.71. The largest absolute Gasteiger partial charge is 0.486 e. The summed E-state index contributed by atoms with van der Waals surface area (Å²) in [5.41, 5.74) is 0. The van der Waals surface area contributed by atoms with E-state index in [0.717, 1.165) is 6.42 Å². The molecule has 1 aromatic carbocycles. The molecular formula is C20H26FIN6O2. The van der Waals surface area contributed by atoms with Crippen LogP contribution in [0.25, 0.3) is 11.6 Å². The molecule has 3 rings (SSSR count). The summed E-state index contributed by atoms with van der Waals surface area (Å²) in [6.07, 6.45) is 2.09. The number of nitrogens with zero attached hydrogens (tertiary/aromatic N) is 3. The summed E-state index contributed by atoms with van der Waals surface area (Å²) in [6.45, 7) is 5.46. The number of H-pyrrole nitrogens is 1. The fourth-order valence-corrected chi connectivity index (χ4v) is 2.58. The summed E-state index contributed by atoms with van der Waals surface area (Å²) < 4.78 is 24.9. The Labute approximate surface area is 191 Å². The highest BCUT2D eigenvalue weighted by atomic mass is 127. The van der Waals surface area contributed by atoms with Gasteiger partial charge in [0.1, 0.15) is 18.5 Å². The van der Waals surface area contributed by atoms with Crippen LogP contribution >= 0.6 is 24.0 Å². The van der Waals surface area contributed by atoms with Gasteiger partial charge in [-0.2, -0.15) is 0 Å². The topological polar surface area (TPSA) is 100 Å². The van der Waals surface area contributed by atoms with Gasteiger partial charge in [-0.05, 0) is 37.6 Å². The Morgan fingerprint density at radius 2 is 2.07 bits per heavy atom. The first kappa shape index (κ1) is 23.6. The number of hydrogen-bond acceptors (Lipinski definition) is 5. The molecule has 2 heterocycles. The zero-order valence-electron chi connectivity index (χ0n) is 16.9. The molecule has 0 saturated carbocycles. The van der Waals surface area contributed by atoms with Crippen molar-refractivity contribution in [1.29, 1.82) is 0 Å². The molecule has 0 radical (unpaired) electrons. The van der Waals surface area contributed by atoms with Gasteiger partial charge in [-0.1, -0.05) is 19.1 Å². The predicted molar refractivity (Wildman–Crippen MR) is 123 cm³/mol. The van der Waals surface area contributed by atoms with Crippen LogP contribution in [0.2, 0.25) is 0 Å². The van der Waals surface area contributed by atoms with E-state index in [1.807, 2.05) is 13.8 Å². The normalized spacial score (nSPS) is 12.2. The maximum Gasteiger partial charge on any atom is 0.216 e. The first-order valence-corrected chi connectivity index (χ1v) is 9.58. The number of aromatic nitrogens is 3. The number of hydrogen-bond donors (Lipinski definition) is 3. The van der Waals surface area contributed by atoms with Crippen molar-refractivity contribution in [3.63, 3.8) is 0 Å². The number of halogens is 2. The SMILES string of the molecule is CCNC(=NCc1nc(-c2ccco2)n[nH]1)NCC(CC)Oc1ccccc1F.I. The molecule has 0 fully saturated rings. The molecule has 1 unspecified atom stereocenters. The molecule has 10 heteroatoms. The minimum atomic E-state index is -0.371. The van der Waals surface area contributed by atoms with Gasteiger partial charge in [0.25, 0.3) is 0 Å². The Morgan fingerprint density at radius 1 is 1.23 bits per heavy atom. The van der Waals surface area contributed by atoms with Crippen LogP contribution in [-0.4, -0.2) is 40.3 Å². The van der Waals surface area contributed by atoms with E-state index < -0.39 is 0 Å². The van der Waals surface area contributed by atoms with Gasteiger partial charge in [-0.25, -0.2) is 14.4 Å². The zero-order chi connectivity index (χ0) is 20.5. The Balaban J connectivity index is 0.00000320. The van der Waals surface area contributed by atoms with Gasteiger partial charge in [-0.3, -0.25) is 5.10 Å². The second-order valence-electron chi connectivity index (χ2n) is 6.24. The van der Waals surface area contributed by atoms with Crippen LogP contribution in [0.1, 0.15) is 26.1 Å². The van der Waals surface area contributed by atoms with Crippen LogP contribution in [0.4, 0.5) is 4.39 Å². The van der Waals surface area contributed by atoms with Crippen molar-refractivity contribution in [2.45, 2.75) is 32.9 Å². The van der Waals surface area contributed by atoms with Crippen molar-refractivity contribution >= 4 is 29.9 Å². The number of ether oxygens (including phenoxy) is 1. The highest BCUT2D eigenvalue weighted by Crippen LogP contribution is 2.18. The maximum absolute atomic E-state index is 13.8. The van der Waals surface area contributed by atoms with Crippen LogP contribution in [0.5, 0.6) is 5.75 Å². The number of guanidine groups is 1. The van der Waals surface area contributed by atoms with E-state index in [4.69, 9.17) is 9.15 Å². The molecule has 0 aliphatic heterocycles. The molecular weight excluding hydrogens is 502 g/mol. The fraction of sp³-hybridized carbons (Fsp3) is 0.350. The van der Waals surface area contributed by atoms with Gasteiger partial charge in [0, 0.05) is 6.54 Å². The van der Waals surface area contributed by atoms with Crippen LogP contribution in [-0.2, 0) is 6.54 Å². The average molecular weight is 528 g/mol. The van der Waals surface area contributed by atoms with Crippen LogP contribution in [0, 0.1) is 5.82 Å². The van der Waals surface area contributed by atoms with Gasteiger partial charge in [-0.15, -0.1) is 29.1 Å². The Hall–Kier alpha value is -2.63. The zero-order valence-corrected chi connectivity index (χ0v) is 19.2. The van der Waals surface area contributed by atoms with Crippen molar-refractivity contribution in [2.75, 3.05) is 13.1 Å². The Morgan fingerprint density at radius 3 is 2.77 bits per heavy atom. The van der Waals surface area contributed by atoms with Gasteiger partial charge < -0.3 is 19.8 Å². The molecule has 0 aliphatic rings. The summed E-state index contributed by atoms with van der Waals surface area (Å²) in [4.78, 5) is 8.88. The van der Waals surface area contributed by atoms with E-state index in [-0.39, 0.29) is 41.6 Å². The lowest BCUT2D eigenvalue weighted by Gasteiger charge is -2.20. The molecule has 8 nitrogen and oxygen atoms in total. The molecule has 0 aliphatic carbocycles. The minimum Gasteiger partial charge on any atom is -0.486 e. The summed E-state index contributed by atoms with van der Waals surface area (Å²) >= 11 is 0. The second kappa shape index (κ2) is 12.2.